The number of nitrogens with zero attached hydrogens (tertiary/aromatic N) is 3. The number of anilines is 2. The van der Waals surface area contributed by atoms with E-state index >= 15 is 0 Å². The van der Waals surface area contributed by atoms with Crippen LogP contribution in [-0.2, 0) is 26.5 Å². The lowest BCUT2D eigenvalue weighted by atomic mass is 9.75. The first-order valence-electron chi connectivity index (χ1n) is 12.3. The molecular formula is C29H25N3O3. The van der Waals surface area contributed by atoms with Crippen molar-refractivity contribution in [3.8, 4) is 0 Å². The van der Waals surface area contributed by atoms with Crippen LogP contribution in [0, 0.1) is 11.8 Å². The second-order valence-corrected chi connectivity index (χ2v) is 9.91. The van der Waals surface area contributed by atoms with Crippen LogP contribution in [0.5, 0.6) is 0 Å². The number of benzene rings is 3. The molecule has 0 saturated carbocycles. The Bertz CT molecular complexity index is 1360. The molecule has 3 aromatic rings. The van der Waals surface area contributed by atoms with Gasteiger partial charge in [0, 0.05) is 17.3 Å². The van der Waals surface area contributed by atoms with Gasteiger partial charge in [-0.1, -0.05) is 66.7 Å². The van der Waals surface area contributed by atoms with Crippen molar-refractivity contribution in [3.05, 3.63) is 96.1 Å². The van der Waals surface area contributed by atoms with E-state index in [1.807, 2.05) is 77.7 Å². The topological polar surface area (TPSA) is 60.9 Å². The van der Waals surface area contributed by atoms with E-state index in [0.29, 0.717) is 18.8 Å². The van der Waals surface area contributed by atoms with Crippen LogP contribution in [0.25, 0.3) is 0 Å². The van der Waals surface area contributed by atoms with Gasteiger partial charge in [-0.15, -0.1) is 0 Å². The second kappa shape index (κ2) is 7.36. The van der Waals surface area contributed by atoms with Crippen LogP contribution < -0.4 is 9.80 Å². The lowest BCUT2D eigenvalue weighted by Crippen LogP contribution is -2.55. The van der Waals surface area contributed by atoms with Crippen LogP contribution in [0.1, 0.15) is 24.0 Å². The number of imide groups is 1. The normalized spacial score (nSPS) is 29.3. The lowest BCUT2D eigenvalue weighted by Gasteiger charge is -2.37. The first-order chi connectivity index (χ1) is 17.1. The Morgan fingerprint density at radius 2 is 1.49 bits per heavy atom. The molecule has 1 spiro atoms. The number of hydrogen-bond donors (Lipinski definition) is 0. The van der Waals surface area contributed by atoms with Crippen molar-refractivity contribution < 1.29 is 14.4 Å². The largest absolute Gasteiger partial charge is 0.306 e. The molecule has 174 valence electrons. The van der Waals surface area contributed by atoms with E-state index in [1.54, 1.807) is 12.1 Å². The minimum Gasteiger partial charge on any atom is -0.306 e. The maximum atomic E-state index is 14.6. The predicted molar refractivity (Wildman–Crippen MR) is 131 cm³/mol. The fourth-order valence-corrected chi connectivity index (χ4v) is 7.09. The summed E-state index contributed by atoms with van der Waals surface area (Å²) in [4.78, 5) is 47.9. The molecule has 3 amide bonds. The highest BCUT2D eigenvalue weighted by molar-refractivity contribution is 6.26. The number of rotatable bonds is 3. The molecule has 0 radical (unpaired) electrons. The van der Waals surface area contributed by atoms with E-state index in [0.717, 1.165) is 29.7 Å². The van der Waals surface area contributed by atoms with Gasteiger partial charge < -0.3 is 4.90 Å². The van der Waals surface area contributed by atoms with Gasteiger partial charge in [-0.3, -0.25) is 19.3 Å². The van der Waals surface area contributed by atoms with Gasteiger partial charge in [0.2, 0.25) is 11.8 Å². The van der Waals surface area contributed by atoms with E-state index < -0.39 is 17.4 Å². The summed E-state index contributed by atoms with van der Waals surface area (Å²) in [6, 6.07) is 26.8. The maximum Gasteiger partial charge on any atom is 0.253 e. The predicted octanol–water partition coefficient (Wildman–Crippen LogP) is 3.71. The lowest BCUT2D eigenvalue weighted by molar-refractivity contribution is -0.137. The van der Waals surface area contributed by atoms with Crippen LogP contribution in [-0.4, -0.2) is 35.2 Å². The van der Waals surface area contributed by atoms with Gasteiger partial charge in [0.1, 0.15) is 5.54 Å². The quantitative estimate of drug-likeness (QED) is 0.556. The summed E-state index contributed by atoms with van der Waals surface area (Å²) < 4.78 is 0. The number of carbonyl (C=O) groups excluding carboxylic acids is 3. The molecule has 0 aliphatic carbocycles. The Balaban J connectivity index is 1.41. The molecule has 4 atom stereocenters. The van der Waals surface area contributed by atoms with Crippen molar-refractivity contribution in [1.82, 2.24) is 4.90 Å². The molecular weight excluding hydrogens is 438 g/mol. The highest BCUT2D eigenvalue weighted by Gasteiger charge is 2.75. The Morgan fingerprint density at radius 3 is 2.26 bits per heavy atom. The van der Waals surface area contributed by atoms with Crippen molar-refractivity contribution >= 4 is 29.1 Å². The third-order valence-corrected chi connectivity index (χ3v) is 8.34. The summed E-state index contributed by atoms with van der Waals surface area (Å²) in [7, 11) is 0. The molecule has 0 unspecified atom stereocenters. The summed E-state index contributed by atoms with van der Waals surface area (Å²) in [6.07, 6.45) is 1.73. The first kappa shape index (κ1) is 20.6. The van der Waals surface area contributed by atoms with Crippen LogP contribution in [0.15, 0.2) is 84.9 Å². The van der Waals surface area contributed by atoms with Crippen molar-refractivity contribution in [3.63, 3.8) is 0 Å². The third kappa shape index (κ3) is 2.55. The third-order valence-electron chi connectivity index (χ3n) is 8.34. The number of para-hydroxylation sites is 2. The highest BCUT2D eigenvalue weighted by atomic mass is 16.2. The van der Waals surface area contributed by atoms with E-state index in [4.69, 9.17) is 0 Å². The number of amides is 3. The molecule has 3 saturated heterocycles. The van der Waals surface area contributed by atoms with Crippen LogP contribution in [0.4, 0.5) is 11.4 Å². The van der Waals surface area contributed by atoms with Gasteiger partial charge in [0.25, 0.3) is 5.91 Å². The molecule has 0 aromatic heterocycles. The fraction of sp³-hybridized carbons (Fsp3) is 0.276. The van der Waals surface area contributed by atoms with Crippen molar-refractivity contribution in [2.75, 3.05) is 16.3 Å². The monoisotopic (exact) mass is 463 g/mol. The van der Waals surface area contributed by atoms with Crippen molar-refractivity contribution in [2.45, 2.75) is 31.0 Å². The zero-order valence-electron chi connectivity index (χ0n) is 19.2. The standard InChI is InChI=1S/C29H25N3O3/c33-26-24-23-16-9-17-31(23)29(25(24)27(34)32(26)20-12-5-2-6-13-20)21-14-7-8-15-22(21)30(28(29)35)18-19-10-3-1-4-11-19/h1-8,10-15,23-25H,9,16-18H2/t23-,24-,25+,29-/m1/s1. The summed E-state index contributed by atoms with van der Waals surface area (Å²) in [5.74, 6) is -1.76. The van der Waals surface area contributed by atoms with Gasteiger partial charge in [-0.05, 0) is 43.1 Å². The van der Waals surface area contributed by atoms with Gasteiger partial charge in [0.05, 0.1) is 24.1 Å². The maximum absolute atomic E-state index is 14.6. The van der Waals surface area contributed by atoms with E-state index in [9.17, 15) is 14.4 Å². The molecule has 6 nitrogen and oxygen atoms in total. The Hall–Kier alpha value is -3.77. The van der Waals surface area contributed by atoms with E-state index in [1.165, 1.54) is 4.90 Å². The molecule has 0 bridgehead atoms. The average molecular weight is 464 g/mol. The molecule has 4 heterocycles. The molecule has 35 heavy (non-hydrogen) atoms. The second-order valence-electron chi connectivity index (χ2n) is 9.91. The molecule has 6 heteroatoms. The van der Waals surface area contributed by atoms with Gasteiger partial charge in [0.15, 0.2) is 0 Å². The number of carbonyl (C=O) groups is 3. The van der Waals surface area contributed by atoms with Crippen LogP contribution >= 0.6 is 0 Å². The van der Waals surface area contributed by atoms with Crippen molar-refractivity contribution in [2.24, 2.45) is 11.8 Å². The summed E-state index contributed by atoms with van der Waals surface area (Å²) in [5.41, 5.74) is 2.16. The molecule has 7 rings (SSSR count). The minimum absolute atomic E-state index is 0.0852. The van der Waals surface area contributed by atoms with E-state index in [-0.39, 0.29) is 23.8 Å². The zero-order chi connectivity index (χ0) is 23.7. The zero-order valence-corrected chi connectivity index (χ0v) is 19.2. The molecule has 4 aliphatic rings. The summed E-state index contributed by atoms with van der Waals surface area (Å²) in [5, 5.41) is 0. The Kier molecular flexibility index (Phi) is 4.33. The SMILES string of the molecule is O=C1[C@@H]2[C@H]3CCCN3[C@@]3(C(=O)N(Cc4ccccc4)c4ccccc43)[C@@H]2C(=O)N1c1ccccc1. The Morgan fingerprint density at radius 1 is 0.800 bits per heavy atom. The fourth-order valence-electron chi connectivity index (χ4n) is 7.09. The number of fused-ring (bicyclic) bond motifs is 7. The molecule has 0 N–H and O–H groups in total. The Labute approximate surface area is 203 Å². The highest BCUT2D eigenvalue weighted by Crippen LogP contribution is 2.62. The average Bonchev–Trinajstić information content (AvgIpc) is 3.59. The molecule has 3 fully saturated rings. The molecule has 3 aromatic carbocycles. The van der Waals surface area contributed by atoms with Gasteiger partial charge in [-0.25, -0.2) is 4.90 Å². The summed E-state index contributed by atoms with van der Waals surface area (Å²) in [6.45, 7) is 1.14. The van der Waals surface area contributed by atoms with Gasteiger partial charge in [-0.2, -0.15) is 0 Å². The van der Waals surface area contributed by atoms with Gasteiger partial charge >= 0.3 is 0 Å². The van der Waals surface area contributed by atoms with Crippen LogP contribution in [0.2, 0.25) is 0 Å². The smallest absolute Gasteiger partial charge is 0.253 e. The minimum atomic E-state index is -1.15. The van der Waals surface area contributed by atoms with E-state index in [2.05, 4.69) is 4.90 Å². The van der Waals surface area contributed by atoms with Crippen LogP contribution in [0.3, 0.4) is 0 Å². The van der Waals surface area contributed by atoms with Crippen molar-refractivity contribution in [1.29, 1.82) is 0 Å². The first-order valence-corrected chi connectivity index (χ1v) is 12.3. The summed E-state index contributed by atoms with van der Waals surface area (Å²) >= 11 is 0. The number of hydrogen-bond acceptors (Lipinski definition) is 4. The molecule has 4 aliphatic heterocycles.